The van der Waals surface area contributed by atoms with E-state index in [2.05, 4.69) is 0 Å². The van der Waals surface area contributed by atoms with Gasteiger partial charge >= 0.3 is 7.69 Å². The van der Waals surface area contributed by atoms with Crippen molar-refractivity contribution in [3.05, 3.63) is 48.3 Å². The van der Waals surface area contributed by atoms with Crippen LogP contribution in [0.1, 0.15) is 0 Å². The van der Waals surface area contributed by atoms with Crippen molar-refractivity contribution >= 4 is 18.5 Å². The molecule has 2 nitrogen and oxygen atoms in total. The first-order valence-electron chi connectivity index (χ1n) is 4.03. The van der Waals surface area contributed by atoms with E-state index in [0.717, 1.165) is 5.39 Å². The Kier molecular flexibility index (Phi) is 4.10. The molecular weight excluding hydrogens is 182 g/mol. The summed E-state index contributed by atoms with van der Waals surface area (Å²) in [5.41, 5.74) is 0. The summed E-state index contributed by atoms with van der Waals surface area (Å²) in [7, 11) is 0. The van der Waals surface area contributed by atoms with Crippen molar-refractivity contribution in [3.63, 3.8) is 0 Å². The van der Waals surface area contributed by atoms with Crippen LogP contribution in [0.15, 0.2) is 42.5 Å². The second kappa shape index (κ2) is 5.37. The predicted octanol–water partition coefficient (Wildman–Crippen LogP) is 1.48. The van der Waals surface area contributed by atoms with Crippen molar-refractivity contribution in [2.75, 3.05) is 0 Å². The van der Waals surface area contributed by atoms with Crippen molar-refractivity contribution in [2.24, 2.45) is 0 Å². The van der Waals surface area contributed by atoms with E-state index in [9.17, 15) is 4.39 Å². The fourth-order valence-electron chi connectivity index (χ4n) is 1.19. The molecule has 0 heterocycles. The molecule has 71 valence electrons. The highest BCUT2D eigenvalue weighted by Gasteiger charge is 1.95. The summed E-state index contributed by atoms with van der Waals surface area (Å²) >= 11 is 0. The van der Waals surface area contributed by atoms with Crippen molar-refractivity contribution < 1.29 is 14.4 Å². The molecule has 0 unspecified atom stereocenters. The largest absolute Gasteiger partial charge is 0.482 e. The molecule has 0 spiro atoms. The Bertz CT molecular complexity index is 401. The van der Waals surface area contributed by atoms with Gasteiger partial charge in [-0.15, -0.1) is 0 Å². The minimum Gasteiger partial charge on any atom is -0.429 e. The van der Waals surface area contributed by atoms with Crippen LogP contribution < -0.4 is 0 Å². The van der Waals surface area contributed by atoms with Gasteiger partial charge in [0.15, 0.2) is 0 Å². The van der Waals surface area contributed by atoms with E-state index in [1.807, 2.05) is 24.3 Å². The fraction of sp³-hybridized carbons (Fsp3) is 0. The van der Waals surface area contributed by atoms with Gasteiger partial charge in [-0.2, -0.15) is 0 Å². The number of hydrogen-bond donors (Lipinski definition) is 2. The van der Waals surface area contributed by atoms with Gasteiger partial charge in [-0.25, -0.2) is 4.39 Å². The molecule has 0 aliphatic carbocycles. The standard InChI is InChI=1S/C10H7F.BH2O2/c11-10-7-3-5-8-4-1-2-6-9(8)10;2-1-3/h1-7H;2-3H. The molecule has 2 rings (SSSR count). The van der Waals surface area contributed by atoms with Gasteiger partial charge in [-0.3, -0.25) is 0 Å². The molecule has 0 saturated carbocycles. The van der Waals surface area contributed by atoms with Crippen LogP contribution in [0.25, 0.3) is 10.8 Å². The number of benzene rings is 2. The number of hydrogen-bond acceptors (Lipinski definition) is 2. The van der Waals surface area contributed by atoms with Gasteiger partial charge in [0.25, 0.3) is 0 Å². The molecule has 0 aliphatic heterocycles. The molecule has 0 fully saturated rings. The first kappa shape index (κ1) is 10.7. The number of rotatable bonds is 0. The quantitative estimate of drug-likeness (QED) is 0.619. The van der Waals surface area contributed by atoms with Gasteiger partial charge in [0, 0.05) is 5.39 Å². The third-order valence-electron chi connectivity index (χ3n) is 1.74. The molecule has 4 heteroatoms. The predicted molar refractivity (Wildman–Crippen MR) is 54.1 cm³/mol. The van der Waals surface area contributed by atoms with Crippen molar-refractivity contribution in [1.29, 1.82) is 0 Å². The van der Waals surface area contributed by atoms with E-state index in [1.165, 1.54) is 6.07 Å². The average Bonchev–Trinajstić information content (AvgIpc) is 2.20. The van der Waals surface area contributed by atoms with Gasteiger partial charge in [0.05, 0.1) is 0 Å². The van der Waals surface area contributed by atoms with Crippen LogP contribution in [0.4, 0.5) is 4.39 Å². The van der Waals surface area contributed by atoms with Gasteiger partial charge in [0.1, 0.15) is 5.82 Å². The second-order valence-electron chi connectivity index (χ2n) is 2.58. The topological polar surface area (TPSA) is 40.5 Å². The minimum atomic E-state index is -0.150. The molecule has 2 N–H and O–H groups in total. The highest BCUT2D eigenvalue weighted by atomic mass is 19.1. The molecule has 0 bridgehead atoms. The van der Waals surface area contributed by atoms with Crippen molar-refractivity contribution in [2.45, 2.75) is 0 Å². The maximum absolute atomic E-state index is 13.0. The van der Waals surface area contributed by atoms with Crippen LogP contribution in [0.3, 0.4) is 0 Å². The highest BCUT2D eigenvalue weighted by molar-refractivity contribution is 6.13. The Hall–Kier alpha value is -1.39. The van der Waals surface area contributed by atoms with E-state index < -0.39 is 0 Å². The molecule has 0 amide bonds. The van der Waals surface area contributed by atoms with Crippen LogP contribution in [0.5, 0.6) is 0 Å². The Balaban J connectivity index is 0.000000293. The molecule has 2 aromatic carbocycles. The smallest absolute Gasteiger partial charge is 0.429 e. The van der Waals surface area contributed by atoms with Gasteiger partial charge in [0.2, 0.25) is 0 Å². The molecule has 1 radical (unpaired) electrons. The van der Waals surface area contributed by atoms with E-state index in [4.69, 9.17) is 10.0 Å². The SMILES string of the molecule is Fc1cccc2ccccc12.O[B]O. The molecule has 14 heavy (non-hydrogen) atoms. The van der Waals surface area contributed by atoms with Crippen molar-refractivity contribution in [3.8, 4) is 0 Å². The maximum Gasteiger partial charge on any atom is 0.482 e. The van der Waals surface area contributed by atoms with E-state index >= 15 is 0 Å². The lowest BCUT2D eigenvalue weighted by Crippen LogP contribution is -1.76. The molecule has 0 saturated heterocycles. The lowest BCUT2D eigenvalue weighted by molar-refractivity contribution is 0.448. The Morgan fingerprint density at radius 3 is 2.14 bits per heavy atom. The van der Waals surface area contributed by atoms with Gasteiger partial charge in [-0.05, 0) is 11.5 Å². The summed E-state index contributed by atoms with van der Waals surface area (Å²) in [5.74, 6) is -0.150. The first-order chi connectivity index (χ1) is 6.79. The summed E-state index contributed by atoms with van der Waals surface area (Å²) in [4.78, 5) is 0. The lowest BCUT2D eigenvalue weighted by Gasteiger charge is -1.95. The first-order valence-corrected chi connectivity index (χ1v) is 4.03. The zero-order valence-corrected chi connectivity index (χ0v) is 7.39. The van der Waals surface area contributed by atoms with Crippen LogP contribution in [-0.4, -0.2) is 17.7 Å². The second-order valence-corrected chi connectivity index (χ2v) is 2.58. The Morgan fingerprint density at radius 1 is 0.929 bits per heavy atom. The summed E-state index contributed by atoms with van der Waals surface area (Å²) in [6.45, 7) is 0. The third-order valence-corrected chi connectivity index (χ3v) is 1.74. The molecule has 0 aliphatic rings. The number of fused-ring (bicyclic) bond motifs is 1. The normalized spacial score (nSPS) is 9.07. The average molecular weight is 191 g/mol. The summed E-state index contributed by atoms with van der Waals surface area (Å²) in [5, 5.41) is 15.6. The fourth-order valence-corrected chi connectivity index (χ4v) is 1.19. The third kappa shape index (κ3) is 2.55. The van der Waals surface area contributed by atoms with Crippen molar-refractivity contribution in [1.82, 2.24) is 0 Å². The lowest BCUT2D eigenvalue weighted by atomic mass is 10.1. The number of halogens is 1. The monoisotopic (exact) mass is 191 g/mol. The molecule has 2 aromatic rings. The Labute approximate surface area is 81.9 Å². The summed E-state index contributed by atoms with van der Waals surface area (Å²) < 4.78 is 13.0. The maximum atomic E-state index is 13.0. The highest BCUT2D eigenvalue weighted by Crippen LogP contribution is 2.15. The van der Waals surface area contributed by atoms with Crippen LogP contribution in [0, 0.1) is 5.82 Å². The van der Waals surface area contributed by atoms with Gasteiger partial charge < -0.3 is 10.0 Å². The molecular formula is C10H9BFO2. The van der Waals surface area contributed by atoms with Crippen LogP contribution in [0.2, 0.25) is 0 Å². The van der Waals surface area contributed by atoms with E-state index in [1.54, 1.807) is 12.1 Å². The van der Waals surface area contributed by atoms with Crippen LogP contribution in [-0.2, 0) is 0 Å². The Morgan fingerprint density at radius 2 is 1.50 bits per heavy atom. The molecule has 0 aromatic heterocycles. The van der Waals surface area contributed by atoms with Gasteiger partial charge in [-0.1, -0.05) is 36.4 Å². The molecule has 0 atom stereocenters. The zero-order valence-electron chi connectivity index (χ0n) is 7.39. The minimum absolute atomic E-state index is 0. The van der Waals surface area contributed by atoms with E-state index in [-0.39, 0.29) is 13.5 Å². The van der Waals surface area contributed by atoms with Crippen LogP contribution >= 0.6 is 0 Å². The zero-order chi connectivity index (χ0) is 10.4. The summed E-state index contributed by atoms with van der Waals surface area (Å²) in [6, 6.07) is 12.5. The summed E-state index contributed by atoms with van der Waals surface area (Å²) in [6.07, 6.45) is 0. The van der Waals surface area contributed by atoms with E-state index in [0.29, 0.717) is 5.39 Å².